The molecule has 3 heterocycles. The molecular formula is C21H28N7O15P3. The maximum Gasteiger partial charge on any atom is 0.490 e. The molecular weight excluding hydrogens is 683 g/mol. The van der Waals surface area contributed by atoms with E-state index in [4.69, 9.17) is 26.0 Å². The summed E-state index contributed by atoms with van der Waals surface area (Å²) in [7, 11) is -16.9. The largest absolute Gasteiger partial charge is 0.490 e. The van der Waals surface area contributed by atoms with Crippen molar-refractivity contribution in [3.8, 4) is 11.8 Å². The van der Waals surface area contributed by atoms with Crippen LogP contribution in [-0.2, 0) is 37.3 Å². The Kier molecular flexibility index (Phi) is 10.3. The number of phosphoric ester groups is 1. The molecule has 2 aliphatic rings. The highest BCUT2D eigenvalue weighted by Crippen LogP contribution is 2.66. The van der Waals surface area contributed by atoms with E-state index in [1.54, 1.807) is 0 Å². The number of phosphoric acid groups is 3. The minimum Gasteiger partial charge on any atom is -0.390 e. The molecule has 1 saturated heterocycles. The van der Waals surface area contributed by atoms with Crippen LogP contribution in [0.25, 0.3) is 0 Å². The Morgan fingerprint density at radius 1 is 1.26 bits per heavy atom. The van der Waals surface area contributed by atoms with Crippen molar-refractivity contribution >= 4 is 40.9 Å². The quantitative estimate of drug-likeness (QED) is 0.0629. The number of anilines is 1. The third kappa shape index (κ3) is 8.06. The number of imidazole rings is 1. The zero-order chi connectivity index (χ0) is 34.2. The van der Waals surface area contributed by atoms with E-state index >= 15 is 0 Å². The first-order valence-corrected chi connectivity index (χ1v) is 17.3. The Balaban J connectivity index is 1.55. The van der Waals surface area contributed by atoms with Crippen LogP contribution in [-0.4, -0.2) is 75.6 Å². The Labute approximate surface area is 258 Å². The molecule has 25 heteroatoms. The number of rotatable bonds is 11. The number of aromatic nitrogens is 2. The van der Waals surface area contributed by atoms with Crippen LogP contribution in [0.2, 0.25) is 0 Å². The van der Waals surface area contributed by atoms with Crippen molar-refractivity contribution < 1.29 is 66.3 Å². The fourth-order valence-corrected chi connectivity index (χ4v) is 7.71. The molecule has 0 radical (unpaired) electrons. The summed E-state index contributed by atoms with van der Waals surface area (Å²) in [5, 5.41) is 37.0. The first-order chi connectivity index (χ1) is 21.2. The van der Waals surface area contributed by atoms with Crippen molar-refractivity contribution in [2.75, 3.05) is 18.5 Å². The normalized spacial score (nSPS) is 26.0. The summed E-state index contributed by atoms with van der Waals surface area (Å²) in [6, 6.07) is 4.14. The van der Waals surface area contributed by atoms with Gasteiger partial charge in [-0.25, -0.2) is 23.7 Å². The molecule has 1 aromatic carbocycles. The van der Waals surface area contributed by atoms with Gasteiger partial charge in [-0.3, -0.25) is 19.2 Å². The number of hydrogen-bond donors (Lipinski definition) is 9. The molecule has 4 unspecified atom stereocenters. The molecule has 22 nitrogen and oxygen atoms in total. The lowest BCUT2D eigenvalue weighted by Crippen LogP contribution is -2.41. The number of fused-ring (bicyclic) bond motifs is 1. The van der Waals surface area contributed by atoms with E-state index in [1.807, 2.05) is 0 Å². The van der Waals surface area contributed by atoms with Crippen molar-refractivity contribution in [3.63, 3.8) is 0 Å². The molecule has 0 bridgehead atoms. The summed E-state index contributed by atoms with van der Waals surface area (Å²) in [6.07, 6.45) is -2.86. The summed E-state index contributed by atoms with van der Waals surface area (Å²) in [6.45, 7) is 0.576. The van der Waals surface area contributed by atoms with Gasteiger partial charge in [-0.15, -0.1) is 0 Å². The van der Waals surface area contributed by atoms with Gasteiger partial charge in [-0.2, -0.15) is 8.62 Å². The van der Waals surface area contributed by atoms with Crippen LogP contribution in [0.5, 0.6) is 0 Å². The lowest BCUT2D eigenvalue weighted by Gasteiger charge is -2.33. The molecule has 0 amide bonds. The molecule has 2 aliphatic heterocycles. The number of nitrogens with one attached hydrogen (secondary N) is 1. The van der Waals surface area contributed by atoms with Crippen molar-refractivity contribution in [3.05, 3.63) is 51.5 Å². The van der Waals surface area contributed by atoms with Gasteiger partial charge in [-0.05, 0) is 6.07 Å². The molecule has 7 atom stereocenters. The van der Waals surface area contributed by atoms with Gasteiger partial charge < -0.3 is 51.3 Å². The number of nitro benzene ring substituents is 1. The van der Waals surface area contributed by atoms with E-state index in [0.717, 1.165) is 0 Å². The highest BCUT2D eigenvalue weighted by Gasteiger charge is 2.48. The van der Waals surface area contributed by atoms with Gasteiger partial charge in [0, 0.05) is 29.5 Å². The van der Waals surface area contributed by atoms with Gasteiger partial charge in [0.25, 0.3) is 5.69 Å². The Bertz CT molecular complexity index is 1750. The summed E-state index contributed by atoms with van der Waals surface area (Å²) >= 11 is 0. The molecule has 11 N–H and O–H groups in total. The van der Waals surface area contributed by atoms with E-state index in [-0.39, 0.29) is 41.7 Å². The Hall–Kier alpha value is -3.09. The molecule has 2 aromatic rings. The molecule has 4 rings (SSSR count). The van der Waals surface area contributed by atoms with Crippen LogP contribution in [0.15, 0.2) is 29.5 Å². The molecule has 46 heavy (non-hydrogen) atoms. The number of aliphatic imine (C=N–C) groups is 1. The van der Waals surface area contributed by atoms with Gasteiger partial charge in [0.05, 0.1) is 30.5 Å². The molecule has 252 valence electrons. The highest BCUT2D eigenvalue weighted by atomic mass is 31.3. The third-order valence-corrected chi connectivity index (χ3v) is 10.4. The van der Waals surface area contributed by atoms with Crippen molar-refractivity contribution in [2.45, 2.75) is 43.4 Å². The number of nitro groups is 1. The molecule has 0 aliphatic carbocycles. The smallest absolute Gasteiger partial charge is 0.390 e. The predicted molar refractivity (Wildman–Crippen MR) is 153 cm³/mol. The van der Waals surface area contributed by atoms with E-state index in [0.29, 0.717) is 5.56 Å². The maximum absolute atomic E-state index is 12.1. The Morgan fingerprint density at radius 3 is 2.59 bits per heavy atom. The number of guanidine groups is 1. The average Bonchev–Trinajstić information content (AvgIpc) is 3.51. The monoisotopic (exact) mass is 711 g/mol. The van der Waals surface area contributed by atoms with Crippen molar-refractivity contribution in [2.24, 2.45) is 16.5 Å². The third-order valence-electron chi connectivity index (χ3n) is 6.64. The van der Waals surface area contributed by atoms with E-state index in [1.165, 1.54) is 36.0 Å². The van der Waals surface area contributed by atoms with Crippen molar-refractivity contribution in [1.82, 2.24) is 9.55 Å². The number of ether oxygens (including phenoxy) is 1. The molecule has 0 spiro atoms. The van der Waals surface area contributed by atoms with Gasteiger partial charge in [0.1, 0.15) is 23.8 Å². The van der Waals surface area contributed by atoms with E-state index in [2.05, 4.69) is 40.3 Å². The lowest BCUT2D eigenvalue weighted by molar-refractivity contribution is -0.386. The van der Waals surface area contributed by atoms with Crippen LogP contribution < -0.4 is 16.8 Å². The number of aliphatic hydroxyl groups excluding tert-OH is 1. The summed E-state index contributed by atoms with van der Waals surface area (Å²) in [5.74, 6) is 3.91. The fourth-order valence-electron chi connectivity index (χ4n) is 4.68. The minimum atomic E-state index is -5.76. The average molecular weight is 711 g/mol. The standard InChI is InChI=1S/C21H28N7O15P3/c1-11(13-5-4-12(3-2-6-22)7-14(13)28(31)32)21(30)18-19(25-20(23)26-21)27(10-24-18)17-8-15(29)16(41-17)9-40-45(36,37)43-46(38,39)42-44(33,34)35/h4-5,7,10-11,15-17,29-30H,6,8-9,22H2,1H3,(H,36,37)(H,38,39)(H3,23,25,26)(H2,33,34,35)/t11?,15-,16+,17+,21?/m0/s1. The second-order valence-corrected chi connectivity index (χ2v) is 14.2. The summed E-state index contributed by atoms with van der Waals surface area (Å²) in [4.78, 5) is 55.9. The predicted octanol–water partition coefficient (Wildman–Crippen LogP) is -0.218. The molecule has 1 fully saturated rings. The SMILES string of the molecule is CC(c1ccc(C#CCN)cc1[N+](=O)[O-])C1(O)N=C(N)Nc2c1ncn2[C@H]1C[C@H](O)[C@@H](COP(=O)(O)OP(=O)(O)OP(=O)(O)O)O1. The summed E-state index contributed by atoms with van der Waals surface area (Å²) in [5.41, 5.74) is 9.01. The lowest BCUT2D eigenvalue weighted by atomic mass is 9.85. The van der Waals surface area contributed by atoms with Crippen LogP contribution in [0.1, 0.15) is 42.3 Å². The first kappa shape index (κ1) is 35.8. The second kappa shape index (κ2) is 13.2. The van der Waals surface area contributed by atoms with E-state index < -0.39 is 65.1 Å². The first-order valence-electron chi connectivity index (χ1n) is 12.8. The minimum absolute atomic E-state index is 0.0284. The van der Waals surface area contributed by atoms with E-state index in [9.17, 15) is 43.8 Å². The topological polar surface area (TPSA) is 347 Å². The molecule has 1 aromatic heterocycles. The zero-order valence-corrected chi connectivity index (χ0v) is 26.1. The van der Waals surface area contributed by atoms with Crippen LogP contribution in [0.3, 0.4) is 0 Å². The van der Waals surface area contributed by atoms with Gasteiger partial charge >= 0.3 is 23.5 Å². The number of benzene rings is 1. The van der Waals surface area contributed by atoms with Crippen LogP contribution in [0.4, 0.5) is 11.5 Å². The maximum atomic E-state index is 12.1. The molecule has 0 saturated carbocycles. The Morgan fingerprint density at radius 2 is 1.96 bits per heavy atom. The fraction of sp³-hybridized carbons (Fsp3) is 0.429. The highest BCUT2D eigenvalue weighted by molar-refractivity contribution is 7.66. The van der Waals surface area contributed by atoms with Gasteiger partial charge in [0.15, 0.2) is 5.96 Å². The zero-order valence-electron chi connectivity index (χ0n) is 23.4. The number of nitrogens with two attached hydrogens (primary N) is 2. The number of aliphatic hydroxyl groups is 2. The van der Waals surface area contributed by atoms with Crippen molar-refractivity contribution in [1.29, 1.82) is 0 Å². The summed E-state index contributed by atoms with van der Waals surface area (Å²) < 4.78 is 53.2. The number of hydrogen-bond acceptors (Lipinski definition) is 16. The van der Waals surface area contributed by atoms with Gasteiger partial charge in [-0.1, -0.05) is 24.8 Å². The number of nitrogens with zero attached hydrogens (tertiary/aromatic N) is 4. The second-order valence-electron chi connectivity index (χ2n) is 9.77. The van der Waals surface area contributed by atoms with Gasteiger partial charge in [0.2, 0.25) is 5.72 Å². The van der Waals surface area contributed by atoms with Crippen LogP contribution >= 0.6 is 23.5 Å². The van der Waals surface area contributed by atoms with Crippen LogP contribution in [0, 0.1) is 22.0 Å².